The second-order valence-corrected chi connectivity index (χ2v) is 12.8. The van der Waals surface area contributed by atoms with E-state index in [0.717, 1.165) is 0 Å². The van der Waals surface area contributed by atoms with Gasteiger partial charge < -0.3 is 15.2 Å². The van der Waals surface area contributed by atoms with Gasteiger partial charge in [-0.3, -0.25) is 8.75 Å². The van der Waals surface area contributed by atoms with E-state index in [0.29, 0.717) is 17.6 Å². The quantitative estimate of drug-likeness (QED) is 0.597. The molecule has 162 valence electrons. The highest BCUT2D eigenvalue weighted by molar-refractivity contribution is 7.84. The number of rotatable bonds is 6. The molecule has 0 aromatic carbocycles. The second kappa shape index (κ2) is 7.56. The fourth-order valence-electron chi connectivity index (χ4n) is 3.74. The Labute approximate surface area is 171 Å². The summed E-state index contributed by atoms with van der Waals surface area (Å²) in [6, 6.07) is 0. The van der Waals surface area contributed by atoms with Gasteiger partial charge >= 0.3 is 10.3 Å². The Morgan fingerprint density at radius 3 is 2.62 bits per heavy atom. The van der Waals surface area contributed by atoms with Gasteiger partial charge in [0.05, 0.1) is 33.4 Å². The lowest BCUT2D eigenvalue weighted by atomic mass is 10.1. The van der Waals surface area contributed by atoms with Crippen LogP contribution in [0.2, 0.25) is 13.1 Å². The molecule has 0 saturated carbocycles. The normalized spacial score (nSPS) is 25.9. The number of nitrogen functional groups attached to an aromatic ring is 1. The molecule has 0 amide bonds. The molecule has 1 aliphatic heterocycles. The minimum absolute atomic E-state index is 0.199. The molecule has 3 rings (SSSR count). The summed E-state index contributed by atoms with van der Waals surface area (Å²) in [4.78, 5) is 12.7. The lowest BCUT2D eigenvalue weighted by Crippen LogP contribution is -2.54. The summed E-state index contributed by atoms with van der Waals surface area (Å²) in [6.07, 6.45) is 2.52. The zero-order valence-corrected chi connectivity index (χ0v) is 19.2. The molecule has 1 saturated heterocycles. The first kappa shape index (κ1) is 22.1. The van der Waals surface area contributed by atoms with Crippen LogP contribution in [-0.4, -0.2) is 61.1 Å². The second-order valence-electron chi connectivity index (χ2n) is 8.42. The molecule has 13 heteroatoms. The molecule has 0 aliphatic carbocycles. The van der Waals surface area contributed by atoms with Crippen molar-refractivity contribution in [3.8, 4) is 0 Å². The van der Waals surface area contributed by atoms with Crippen LogP contribution < -0.4 is 10.9 Å². The van der Waals surface area contributed by atoms with Gasteiger partial charge in [0.2, 0.25) is 0 Å². The maximum absolute atomic E-state index is 11.3. The number of imidazole rings is 1. The topological polar surface area (TPSA) is 157 Å². The van der Waals surface area contributed by atoms with E-state index in [2.05, 4.69) is 28.0 Å². The summed E-state index contributed by atoms with van der Waals surface area (Å²) in [6.45, 7) is 9.92. The number of ether oxygens (including phenoxy) is 2. The Balaban J connectivity index is 2.09. The third-order valence-corrected chi connectivity index (χ3v) is 7.68. The van der Waals surface area contributed by atoms with Gasteiger partial charge in [-0.1, -0.05) is 13.1 Å². The molecule has 0 bridgehead atoms. The van der Waals surface area contributed by atoms with Crippen molar-refractivity contribution in [2.45, 2.75) is 63.4 Å². The minimum Gasteiger partial charge on any atom is -0.382 e. The van der Waals surface area contributed by atoms with E-state index in [1.54, 1.807) is 6.33 Å². The molecule has 29 heavy (non-hydrogen) atoms. The number of hydrogen-bond acceptors (Lipinski definition) is 9. The van der Waals surface area contributed by atoms with Crippen LogP contribution in [0.1, 0.15) is 27.2 Å². The van der Waals surface area contributed by atoms with Gasteiger partial charge in [-0.25, -0.2) is 20.1 Å². The molecule has 3 atom stereocenters. The maximum atomic E-state index is 11.3. The van der Waals surface area contributed by atoms with Crippen LogP contribution in [0.3, 0.4) is 0 Å². The maximum Gasteiger partial charge on any atom is 0.333 e. The average Bonchev–Trinajstić information content (AvgIpc) is 3.14. The van der Waals surface area contributed by atoms with Crippen LogP contribution in [0.15, 0.2) is 12.7 Å². The summed E-state index contributed by atoms with van der Waals surface area (Å²) in [5.41, 5.74) is 6.51. The fourth-order valence-corrected chi connectivity index (χ4v) is 6.24. The smallest absolute Gasteiger partial charge is 0.333 e. The number of hydrogen-bond donors (Lipinski definition) is 2. The number of fused-ring (bicyclic) bond motifs is 1. The number of aromatic nitrogens is 4. The van der Waals surface area contributed by atoms with E-state index >= 15 is 0 Å². The zero-order chi connectivity index (χ0) is 21.6. The van der Waals surface area contributed by atoms with E-state index in [-0.39, 0.29) is 18.5 Å². The molecular weight excluding hydrogens is 416 g/mol. The minimum atomic E-state index is -4.08. The lowest BCUT2D eigenvalue weighted by Gasteiger charge is -2.41. The number of nitrogens with two attached hydrogens (primary N) is 2. The van der Waals surface area contributed by atoms with Crippen molar-refractivity contribution in [1.82, 2.24) is 19.5 Å². The highest BCUT2D eigenvalue weighted by Crippen LogP contribution is 2.43. The Kier molecular flexibility index (Phi) is 5.75. The monoisotopic (exact) mass is 444 g/mol. The average molecular weight is 445 g/mol. The van der Waals surface area contributed by atoms with Crippen LogP contribution in [-0.2, 0) is 29.3 Å². The van der Waals surface area contributed by atoms with Crippen molar-refractivity contribution in [3.05, 3.63) is 12.7 Å². The largest absolute Gasteiger partial charge is 0.382 e. The summed E-state index contributed by atoms with van der Waals surface area (Å²) in [5, 5.41) is 4.11. The molecule has 1 fully saturated rings. The number of nitrogens with zero attached hydrogens (tertiary/aromatic N) is 4. The molecule has 3 heterocycles. The summed E-state index contributed by atoms with van der Waals surface area (Å²) < 4.78 is 42.0. The summed E-state index contributed by atoms with van der Waals surface area (Å²) >= 11 is 0. The third-order valence-electron chi connectivity index (χ3n) is 4.77. The Morgan fingerprint density at radius 2 is 2.03 bits per heavy atom. The van der Waals surface area contributed by atoms with Gasteiger partial charge in [0.15, 0.2) is 16.8 Å². The Bertz CT molecular complexity index is 991. The molecule has 2 aromatic rings. The van der Waals surface area contributed by atoms with Crippen LogP contribution in [0.25, 0.3) is 11.2 Å². The molecule has 2 aromatic heterocycles. The van der Waals surface area contributed by atoms with E-state index in [1.807, 2.05) is 25.3 Å². The number of anilines is 1. The first-order chi connectivity index (χ1) is 13.3. The van der Waals surface area contributed by atoms with Crippen molar-refractivity contribution in [2.24, 2.45) is 5.14 Å². The predicted molar refractivity (Wildman–Crippen MR) is 110 cm³/mol. The highest BCUT2D eigenvalue weighted by atomic mass is 32.2. The first-order valence-electron chi connectivity index (χ1n) is 9.30. The van der Waals surface area contributed by atoms with E-state index in [9.17, 15) is 8.42 Å². The molecular formula is C16H28N6O5SSi. The molecule has 0 unspecified atom stereocenters. The highest BCUT2D eigenvalue weighted by Gasteiger charge is 2.55. The zero-order valence-electron chi connectivity index (χ0n) is 17.2. The van der Waals surface area contributed by atoms with Gasteiger partial charge in [0.1, 0.15) is 17.9 Å². The van der Waals surface area contributed by atoms with Crippen LogP contribution in [0, 0.1) is 0 Å². The van der Waals surface area contributed by atoms with Gasteiger partial charge in [0.25, 0.3) is 0 Å². The van der Waals surface area contributed by atoms with Crippen molar-refractivity contribution >= 4 is 36.1 Å². The van der Waals surface area contributed by atoms with E-state index < -0.39 is 36.2 Å². The Morgan fingerprint density at radius 1 is 1.34 bits per heavy atom. The van der Waals surface area contributed by atoms with Gasteiger partial charge in [-0.05, 0) is 20.8 Å². The standard InChI is InChI=1S/C16H28N6O5SSi/c1-15(2,3)27-11-6-10(7-25-28(18,23)24)26-16(11,29(4)5)22-9-21-12-13(17)19-8-20-14(12)22/h8-11,29H,6-7H2,1-5H3,(H2,17,19,20)(H2,18,23,24)/t10-,11+,16-/m0/s1. The molecule has 0 spiro atoms. The van der Waals surface area contributed by atoms with Crippen LogP contribution >= 0.6 is 0 Å². The SMILES string of the molecule is C[SiH](C)[C@@]1(n2cnc3c(N)ncnc32)O[C@H](COS(N)(=O)=O)C[C@H]1OC(C)(C)C. The van der Waals surface area contributed by atoms with Crippen LogP contribution in [0.5, 0.6) is 0 Å². The molecule has 0 radical (unpaired) electrons. The van der Waals surface area contributed by atoms with Gasteiger partial charge in [0, 0.05) is 6.42 Å². The van der Waals surface area contributed by atoms with E-state index in [4.69, 9.17) is 24.5 Å². The third kappa shape index (κ3) is 4.44. The van der Waals surface area contributed by atoms with Crippen molar-refractivity contribution in [2.75, 3.05) is 12.3 Å². The summed E-state index contributed by atoms with van der Waals surface area (Å²) in [5.74, 6) is 0.273. The summed E-state index contributed by atoms with van der Waals surface area (Å²) in [7, 11) is -5.77. The van der Waals surface area contributed by atoms with Gasteiger partial charge in [-0.15, -0.1) is 0 Å². The van der Waals surface area contributed by atoms with Crippen molar-refractivity contribution < 1.29 is 22.1 Å². The first-order valence-corrected chi connectivity index (χ1v) is 13.7. The molecule has 11 nitrogen and oxygen atoms in total. The predicted octanol–water partition coefficient (Wildman–Crippen LogP) is 0.280. The molecule has 1 aliphatic rings. The fraction of sp³-hybridized carbons (Fsp3) is 0.688. The Hall–Kier alpha value is -1.64. The van der Waals surface area contributed by atoms with E-state index in [1.165, 1.54) is 6.33 Å². The van der Waals surface area contributed by atoms with Gasteiger partial charge in [-0.2, -0.15) is 8.42 Å². The molecule has 4 N–H and O–H groups in total. The van der Waals surface area contributed by atoms with Crippen molar-refractivity contribution in [3.63, 3.8) is 0 Å². The lowest BCUT2D eigenvalue weighted by molar-refractivity contribution is -0.143. The van der Waals surface area contributed by atoms with Crippen molar-refractivity contribution in [1.29, 1.82) is 0 Å². The van der Waals surface area contributed by atoms with Crippen LogP contribution in [0.4, 0.5) is 5.82 Å².